The van der Waals surface area contributed by atoms with E-state index in [0.717, 1.165) is 19.3 Å². The van der Waals surface area contributed by atoms with Gasteiger partial charge in [-0.1, -0.05) is 19.3 Å². The molecule has 0 saturated heterocycles. The van der Waals surface area contributed by atoms with Crippen molar-refractivity contribution >= 4 is 9.84 Å². The lowest BCUT2D eigenvalue weighted by Gasteiger charge is -2.28. The Morgan fingerprint density at radius 2 is 1.75 bits per heavy atom. The Morgan fingerprint density at radius 3 is 2.00 bits per heavy atom. The molecule has 68 valence electrons. The van der Waals surface area contributed by atoms with E-state index in [1.807, 2.05) is 6.07 Å². The minimum absolute atomic E-state index is 0.516. The summed E-state index contributed by atoms with van der Waals surface area (Å²) in [5, 5.41) is 8.85. The molecule has 0 N–H and O–H groups in total. The van der Waals surface area contributed by atoms with E-state index in [2.05, 4.69) is 0 Å². The van der Waals surface area contributed by atoms with Gasteiger partial charge in [-0.15, -0.1) is 0 Å². The summed E-state index contributed by atoms with van der Waals surface area (Å²) in [7, 11) is -3.20. The van der Waals surface area contributed by atoms with Crippen molar-refractivity contribution in [3.05, 3.63) is 0 Å². The molecule has 0 atom stereocenters. The Kier molecular flexibility index (Phi) is 2.43. The van der Waals surface area contributed by atoms with Crippen molar-refractivity contribution in [1.29, 1.82) is 5.26 Å². The standard InChI is InChI=1S/C8H13NO2S/c1-12(10,11)8(7-9)5-3-2-4-6-8/h2-6H2,1H3. The predicted molar refractivity (Wildman–Crippen MR) is 46.3 cm³/mol. The first-order chi connectivity index (χ1) is 5.52. The molecule has 1 fully saturated rings. The van der Waals surface area contributed by atoms with Crippen LogP contribution in [0.25, 0.3) is 0 Å². The summed E-state index contributed by atoms with van der Waals surface area (Å²) in [5.74, 6) is 0. The van der Waals surface area contributed by atoms with E-state index in [1.165, 1.54) is 6.26 Å². The second kappa shape index (κ2) is 3.06. The third-order valence-corrected chi connectivity index (χ3v) is 4.49. The highest BCUT2D eigenvalue weighted by atomic mass is 32.2. The average Bonchev–Trinajstić information content (AvgIpc) is 2.04. The monoisotopic (exact) mass is 187 g/mol. The van der Waals surface area contributed by atoms with Crippen LogP contribution in [0.3, 0.4) is 0 Å². The van der Waals surface area contributed by atoms with Gasteiger partial charge in [0.25, 0.3) is 0 Å². The zero-order valence-corrected chi connectivity index (χ0v) is 8.02. The van der Waals surface area contributed by atoms with Crippen molar-refractivity contribution in [2.24, 2.45) is 0 Å². The van der Waals surface area contributed by atoms with Crippen LogP contribution in [0, 0.1) is 11.3 Å². The van der Waals surface area contributed by atoms with E-state index in [9.17, 15) is 8.42 Å². The van der Waals surface area contributed by atoms with Gasteiger partial charge in [0.05, 0.1) is 6.07 Å². The van der Waals surface area contributed by atoms with Crippen molar-refractivity contribution in [2.45, 2.75) is 36.9 Å². The van der Waals surface area contributed by atoms with Gasteiger partial charge in [-0.05, 0) is 12.8 Å². The molecule has 0 aromatic carbocycles. The maximum absolute atomic E-state index is 11.3. The molecule has 0 aliphatic heterocycles. The molecule has 0 heterocycles. The molecule has 1 rings (SSSR count). The van der Waals surface area contributed by atoms with Gasteiger partial charge in [0.15, 0.2) is 14.6 Å². The van der Waals surface area contributed by atoms with E-state index in [-0.39, 0.29) is 0 Å². The number of hydrogen-bond donors (Lipinski definition) is 0. The topological polar surface area (TPSA) is 57.9 Å². The summed E-state index contributed by atoms with van der Waals surface area (Å²) in [6.45, 7) is 0. The second-order valence-corrected chi connectivity index (χ2v) is 5.76. The Morgan fingerprint density at radius 1 is 1.25 bits per heavy atom. The highest BCUT2D eigenvalue weighted by molar-refractivity contribution is 7.92. The molecule has 0 aromatic heterocycles. The number of hydrogen-bond acceptors (Lipinski definition) is 3. The zero-order valence-electron chi connectivity index (χ0n) is 7.21. The predicted octanol–water partition coefficient (Wildman–Crippen LogP) is 1.26. The van der Waals surface area contributed by atoms with Crippen LogP contribution in [0.5, 0.6) is 0 Å². The lowest BCUT2D eigenvalue weighted by Crippen LogP contribution is -2.38. The minimum Gasteiger partial charge on any atom is -0.227 e. The van der Waals surface area contributed by atoms with Gasteiger partial charge in [0, 0.05) is 6.26 Å². The van der Waals surface area contributed by atoms with E-state index >= 15 is 0 Å². The lowest BCUT2D eigenvalue weighted by atomic mass is 9.89. The van der Waals surface area contributed by atoms with Gasteiger partial charge >= 0.3 is 0 Å². The number of sulfone groups is 1. The maximum Gasteiger partial charge on any atom is 0.166 e. The molecule has 12 heavy (non-hydrogen) atoms. The summed E-state index contributed by atoms with van der Waals surface area (Å²) < 4.78 is 21.6. The normalized spacial score (nSPS) is 23.0. The first kappa shape index (κ1) is 9.53. The SMILES string of the molecule is CS(=O)(=O)C1(C#N)CCCCC1. The van der Waals surface area contributed by atoms with Crippen molar-refractivity contribution in [2.75, 3.05) is 6.26 Å². The fourth-order valence-electron chi connectivity index (χ4n) is 1.69. The molecule has 1 saturated carbocycles. The highest BCUT2D eigenvalue weighted by Crippen LogP contribution is 2.33. The molecule has 0 radical (unpaired) electrons. The second-order valence-electron chi connectivity index (χ2n) is 3.44. The van der Waals surface area contributed by atoms with Crippen LogP contribution in [0.1, 0.15) is 32.1 Å². The van der Waals surface area contributed by atoms with Crippen molar-refractivity contribution in [3.63, 3.8) is 0 Å². The summed E-state index contributed by atoms with van der Waals surface area (Å²) in [4.78, 5) is 0. The average molecular weight is 187 g/mol. The Hall–Kier alpha value is -0.560. The van der Waals surface area contributed by atoms with Crippen molar-refractivity contribution < 1.29 is 8.42 Å². The molecular weight excluding hydrogens is 174 g/mol. The first-order valence-corrected chi connectivity index (χ1v) is 6.02. The van der Waals surface area contributed by atoms with Crippen LogP contribution in [-0.2, 0) is 9.84 Å². The zero-order chi connectivity index (χ0) is 9.24. The quantitative estimate of drug-likeness (QED) is 0.621. The Labute approximate surface area is 73.3 Å². The van der Waals surface area contributed by atoms with Gasteiger partial charge < -0.3 is 0 Å². The molecule has 0 spiro atoms. The number of rotatable bonds is 1. The van der Waals surface area contributed by atoms with E-state index in [0.29, 0.717) is 12.8 Å². The molecule has 0 aromatic rings. The Bertz CT molecular complexity index is 294. The van der Waals surface area contributed by atoms with Crippen molar-refractivity contribution in [1.82, 2.24) is 0 Å². The van der Waals surface area contributed by atoms with Crippen LogP contribution >= 0.6 is 0 Å². The molecule has 4 heteroatoms. The first-order valence-electron chi connectivity index (χ1n) is 4.13. The molecule has 3 nitrogen and oxygen atoms in total. The Balaban J connectivity index is 2.99. The van der Waals surface area contributed by atoms with Crippen LogP contribution in [0.4, 0.5) is 0 Å². The number of nitriles is 1. The third-order valence-electron chi connectivity index (χ3n) is 2.57. The summed E-state index contributed by atoms with van der Waals surface area (Å²) in [6.07, 6.45) is 4.98. The van der Waals surface area contributed by atoms with E-state index < -0.39 is 14.6 Å². The van der Waals surface area contributed by atoms with Crippen LogP contribution < -0.4 is 0 Å². The minimum atomic E-state index is -3.20. The fraction of sp³-hybridized carbons (Fsp3) is 0.875. The molecule has 1 aliphatic carbocycles. The van der Waals surface area contributed by atoms with Gasteiger partial charge in [0.1, 0.15) is 0 Å². The summed E-state index contributed by atoms with van der Waals surface area (Å²) in [5.41, 5.74) is 0. The molecule has 1 aliphatic rings. The van der Waals surface area contributed by atoms with Crippen LogP contribution in [-0.4, -0.2) is 19.4 Å². The largest absolute Gasteiger partial charge is 0.227 e. The summed E-state index contributed by atoms with van der Waals surface area (Å²) in [6, 6.07) is 1.97. The maximum atomic E-state index is 11.3. The molecule has 0 unspecified atom stereocenters. The lowest BCUT2D eigenvalue weighted by molar-refractivity contribution is 0.432. The van der Waals surface area contributed by atoms with Gasteiger partial charge in [0.2, 0.25) is 0 Å². The van der Waals surface area contributed by atoms with E-state index in [1.54, 1.807) is 0 Å². The van der Waals surface area contributed by atoms with Gasteiger partial charge in [-0.3, -0.25) is 0 Å². The highest BCUT2D eigenvalue weighted by Gasteiger charge is 2.41. The smallest absolute Gasteiger partial charge is 0.166 e. The molecular formula is C8H13NO2S. The third kappa shape index (κ3) is 1.46. The van der Waals surface area contributed by atoms with Crippen molar-refractivity contribution in [3.8, 4) is 6.07 Å². The van der Waals surface area contributed by atoms with E-state index in [4.69, 9.17) is 5.26 Å². The van der Waals surface area contributed by atoms with Crippen LogP contribution in [0.15, 0.2) is 0 Å². The van der Waals surface area contributed by atoms with Gasteiger partial charge in [-0.2, -0.15) is 5.26 Å². The molecule has 0 bridgehead atoms. The number of nitrogens with zero attached hydrogens (tertiary/aromatic N) is 1. The van der Waals surface area contributed by atoms with Crippen LogP contribution in [0.2, 0.25) is 0 Å². The van der Waals surface area contributed by atoms with Gasteiger partial charge in [-0.25, -0.2) is 8.42 Å². The summed E-state index contributed by atoms with van der Waals surface area (Å²) >= 11 is 0. The fourth-order valence-corrected chi connectivity index (χ4v) is 2.88. The molecule has 0 amide bonds.